The van der Waals surface area contributed by atoms with Crippen molar-refractivity contribution in [3.63, 3.8) is 0 Å². The predicted molar refractivity (Wildman–Crippen MR) is 206 cm³/mol. The van der Waals surface area contributed by atoms with Crippen LogP contribution in [0.15, 0.2) is 97.1 Å². The predicted octanol–water partition coefficient (Wildman–Crippen LogP) is 7.27. The summed E-state index contributed by atoms with van der Waals surface area (Å²) in [5.74, 6) is 0.870. The molecule has 4 aromatic carbocycles. The summed E-state index contributed by atoms with van der Waals surface area (Å²) in [6.07, 6.45) is 8.52. The van der Waals surface area contributed by atoms with Crippen molar-refractivity contribution in [2.45, 2.75) is 84.0 Å². The van der Waals surface area contributed by atoms with Crippen molar-refractivity contribution in [1.29, 1.82) is 0 Å². The second-order valence-corrected chi connectivity index (χ2v) is 14.5. The van der Waals surface area contributed by atoms with Gasteiger partial charge in [-0.05, 0) is 116 Å². The van der Waals surface area contributed by atoms with Crippen LogP contribution < -0.4 is 10.2 Å². The van der Waals surface area contributed by atoms with Crippen molar-refractivity contribution >= 4 is 23.9 Å². The zero-order valence-electron chi connectivity index (χ0n) is 30.4. The van der Waals surface area contributed by atoms with Gasteiger partial charge in [-0.1, -0.05) is 66.7 Å². The minimum absolute atomic E-state index is 0.0535. The van der Waals surface area contributed by atoms with Crippen LogP contribution in [0.3, 0.4) is 0 Å². The molecule has 1 unspecified atom stereocenters. The molecule has 8 rings (SSSR count). The van der Waals surface area contributed by atoms with Gasteiger partial charge in [0.05, 0.1) is 0 Å². The van der Waals surface area contributed by atoms with E-state index in [4.69, 9.17) is 0 Å². The van der Waals surface area contributed by atoms with Crippen LogP contribution in [0.25, 0.3) is 0 Å². The zero-order chi connectivity index (χ0) is 36.3. The number of phenolic OH excluding ortho intramolecular Hbond substituents is 1. The van der Waals surface area contributed by atoms with Gasteiger partial charge in [-0.25, -0.2) is 0 Å². The molecule has 0 bridgehead atoms. The van der Waals surface area contributed by atoms with Gasteiger partial charge < -0.3 is 14.9 Å². The molecular weight excluding hydrogens is 649 g/mol. The molecule has 1 aliphatic carbocycles. The number of para-hydroxylation sites is 1. The normalized spacial score (nSPS) is 17.1. The van der Waals surface area contributed by atoms with Gasteiger partial charge >= 0.3 is 0 Å². The van der Waals surface area contributed by atoms with E-state index in [0.717, 1.165) is 50.3 Å². The van der Waals surface area contributed by atoms with E-state index in [1.807, 2.05) is 60.4 Å². The Morgan fingerprint density at radius 3 is 2.12 bits per heavy atom. The molecule has 3 heterocycles. The number of benzene rings is 4. The molecule has 1 atom stereocenters. The van der Waals surface area contributed by atoms with E-state index in [9.17, 15) is 19.5 Å². The number of nitrogens with one attached hydrogen (secondary N) is 1. The SMILES string of the molecule is CC(CCC(=O)NC=O)N1Cc2cc3c(cc2C1=O)CN(CC1CCN(c2ccccc2)CC1)C3.Oc1ccc2c(c1)CCCC2.c1ccccc1. The molecule has 4 aromatic rings. The van der Waals surface area contributed by atoms with Crippen LogP contribution in [0.4, 0.5) is 5.69 Å². The minimum atomic E-state index is -0.305. The molecule has 0 spiro atoms. The van der Waals surface area contributed by atoms with Crippen LogP contribution in [0.5, 0.6) is 5.75 Å². The van der Waals surface area contributed by atoms with Crippen LogP contribution in [0.1, 0.15) is 83.6 Å². The standard InChI is InChI=1S/C28H34N4O3.C10H12O.C6H6/c1-20(7-8-27(34)29-19-33)32-18-24-13-22-16-30(17-23(22)14-26(24)28(32)35)15-21-9-11-31(12-10-21)25-5-3-2-4-6-25;11-10-6-5-8-3-1-2-4-9(8)7-10;1-2-4-6-5-3-1/h2-6,13-14,19-21H,7-12,15-18H2,1H3,(H,29,33,34);5-7,11H,1-4H2;1-6H. The first-order chi connectivity index (χ1) is 25.4. The van der Waals surface area contributed by atoms with Crippen molar-refractivity contribution in [3.8, 4) is 5.75 Å². The lowest BCUT2D eigenvalue weighted by atomic mass is 9.92. The van der Waals surface area contributed by atoms with E-state index < -0.39 is 0 Å². The molecule has 52 heavy (non-hydrogen) atoms. The number of rotatable bonds is 8. The number of aromatic hydroxyl groups is 1. The Kier molecular flexibility index (Phi) is 12.8. The van der Waals surface area contributed by atoms with Gasteiger partial charge in [-0.15, -0.1) is 0 Å². The summed E-state index contributed by atoms with van der Waals surface area (Å²) < 4.78 is 0. The summed E-state index contributed by atoms with van der Waals surface area (Å²) in [5.41, 5.74) is 8.62. The molecule has 8 heteroatoms. The molecule has 3 amide bonds. The maximum Gasteiger partial charge on any atom is 0.254 e. The lowest BCUT2D eigenvalue weighted by Crippen LogP contribution is -2.37. The lowest BCUT2D eigenvalue weighted by Gasteiger charge is -2.35. The number of aryl methyl sites for hydroxylation is 2. The van der Waals surface area contributed by atoms with Crippen LogP contribution in [0.2, 0.25) is 0 Å². The number of amides is 3. The van der Waals surface area contributed by atoms with Crippen LogP contribution in [-0.4, -0.2) is 58.8 Å². The van der Waals surface area contributed by atoms with E-state index >= 15 is 0 Å². The second kappa shape index (κ2) is 18.0. The third-order valence-electron chi connectivity index (χ3n) is 10.8. The molecule has 1 saturated heterocycles. The highest BCUT2D eigenvalue weighted by Crippen LogP contribution is 2.34. The fourth-order valence-corrected chi connectivity index (χ4v) is 7.91. The molecule has 2 N–H and O–H groups in total. The zero-order valence-corrected chi connectivity index (χ0v) is 30.4. The highest BCUT2D eigenvalue weighted by molar-refractivity contribution is 5.99. The number of hydrogen-bond acceptors (Lipinski definition) is 6. The van der Waals surface area contributed by atoms with Gasteiger partial charge in [0.1, 0.15) is 5.75 Å². The molecule has 0 aromatic heterocycles. The van der Waals surface area contributed by atoms with E-state index in [-0.39, 0.29) is 24.3 Å². The van der Waals surface area contributed by atoms with E-state index in [1.54, 1.807) is 6.07 Å². The van der Waals surface area contributed by atoms with Crippen LogP contribution in [-0.2, 0) is 42.1 Å². The van der Waals surface area contributed by atoms with Gasteiger partial charge in [-0.2, -0.15) is 0 Å². The average molecular weight is 701 g/mol. The van der Waals surface area contributed by atoms with Gasteiger partial charge in [0.25, 0.3) is 5.91 Å². The van der Waals surface area contributed by atoms with E-state index in [0.29, 0.717) is 31.0 Å². The van der Waals surface area contributed by atoms with Crippen LogP contribution >= 0.6 is 0 Å². The molecule has 0 radical (unpaired) electrons. The summed E-state index contributed by atoms with van der Waals surface area (Å²) in [6, 6.07) is 32.7. The Labute approximate surface area is 308 Å². The van der Waals surface area contributed by atoms with Gasteiger partial charge in [0, 0.05) is 63.0 Å². The maximum absolute atomic E-state index is 13.1. The highest BCUT2D eigenvalue weighted by atomic mass is 16.3. The van der Waals surface area contributed by atoms with Crippen LogP contribution in [0, 0.1) is 5.92 Å². The Bertz CT molecular complexity index is 1760. The first-order valence-electron chi connectivity index (χ1n) is 18.9. The first kappa shape index (κ1) is 36.8. The minimum Gasteiger partial charge on any atom is -0.508 e. The van der Waals surface area contributed by atoms with Gasteiger partial charge in [0.2, 0.25) is 12.3 Å². The topological polar surface area (TPSA) is 93.2 Å². The summed E-state index contributed by atoms with van der Waals surface area (Å²) >= 11 is 0. The average Bonchev–Trinajstić information content (AvgIpc) is 3.73. The smallest absolute Gasteiger partial charge is 0.254 e. The van der Waals surface area contributed by atoms with E-state index in [2.05, 4.69) is 57.6 Å². The highest BCUT2D eigenvalue weighted by Gasteiger charge is 2.34. The monoisotopic (exact) mass is 700 g/mol. The Morgan fingerprint density at radius 1 is 0.808 bits per heavy atom. The number of hydrogen-bond donors (Lipinski definition) is 2. The Hall–Kier alpha value is -4.95. The Balaban J connectivity index is 0.000000221. The van der Waals surface area contributed by atoms with Gasteiger partial charge in [-0.3, -0.25) is 24.6 Å². The summed E-state index contributed by atoms with van der Waals surface area (Å²) in [4.78, 5) is 42.0. The summed E-state index contributed by atoms with van der Waals surface area (Å²) in [7, 11) is 0. The summed E-state index contributed by atoms with van der Waals surface area (Å²) in [5, 5.41) is 11.4. The van der Waals surface area contributed by atoms with E-state index in [1.165, 1.54) is 60.0 Å². The fourth-order valence-electron chi connectivity index (χ4n) is 7.91. The molecule has 8 nitrogen and oxygen atoms in total. The number of fused-ring (bicyclic) bond motifs is 3. The third-order valence-corrected chi connectivity index (χ3v) is 10.8. The Morgan fingerprint density at radius 2 is 1.44 bits per heavy atom. The number of imide groups is 1. The van der Waals surface area contributed by atoms with Crippen molar-refractivity contribution in [2.24, 2.45) is 5.92 Å². The molecule has 0 saturated carbocycles. The molecular formula is C44H52N4O4. The third kappa shape index (κ3) is 9.68. The largest absolute Gasteiger partial charge is 0.508 e. The van der Waals surface area contributed by atoms with Crippen molar-refractivity contribution in [2.75, 3.05) is 24.5 Å². The molecule has 3 aliphatic heterocycles. The molecule has 4 aliphatic rings. The number of phenols is 1. The number of carbonyl (C=O) groups is 3. The lowest BCUT2D eigenvalue weighted by molar-refractivity contribution is -0.125. The first-order valence-corrected chi connectivity index (χ1v) is 18.9. The molecule has 1 fully saturated rings. The number of piperidine rings is 1. The second-order valence-electron chi connectivity index (χ2n) is 14.5. The molecule has 272 valence electrons. The number of carbonyl (C=O) groups excluding carboxylic acids is 3. The quantitative estimate of drug-likeness (QED) is 0.188. The fraction of sp³-hybridized carbons (Fsp3) is 0.386. The van der Waals surface area contributed by atoms with Crippen molar-refractivity contribution < 1.29 is 19.5 Å². The number of nitrogens with zero attached hydrogens (tertiary/aromatic N) is 3. The summed E-state index contributed by atoms with van der Waals surface area (Å²) in [6.45, 7) is 7.77. The van der Waals surface area contributed by atoms with Gasteiger partial charge in [0.15, 0.2) is 0 Å². The number of anilines is 1. The maximum atomic E-state index is 13.1. The van der Waals surface area contributed by atoms with Crippen molar-refractivity contribution in [3.05, 3.63) is 130 Å². The van der Waals surface area contributed by atoms with Crippen molar-refractivity contribution in [1.82, 2.24) is 15.1 Å².